The first-order valence-electron chi connectivity index (χ1n) is 18.9. The van der Waals surface area contributed by atoms with Crippen LogP contribution in [0, 0.1) is 44.8 Å². The van der Waals surface area contributed by atoms with E-state index in [4.69, 9.17) is 15.2 Å². The summed E-state index contributed by atoms with van der Waals surface area (Å²) in [6, 6.07) is 2.32. The highest BCUT2D eigenvalue weighted by Gasteiger charge is 2.70. The third-order valence-electron chi connectivity index (χ3n) is 15.9. The van der Waals surface area contributed by atoms with Gasteiger partial charge in [-0.2, -0.15) is 5.10 Å². The fraction of sp³-hybridized carbons (Fsp3) is 0.750. The van der Waals surface area contributed by atoms with Crippen LogP contribution in [0.15, 0.2) is 22.3 Å². The van der Waals surface area contributed by atoms with Gasteiger partial charge < -0.3 is 20.6 Å². The van der Waals surface area contributed by atoms with E-state index in [0.29, 0.717) is 11.8 Å². The lowest BCUT2D eigenvalue weighted by Crippen LogP contribution is -2.65. The SMILES string of the molecule is CC1(C)CC[C@]2(C(=O)O)CC[C@]3(C)C(=C(c4coc(CN5CCNCC5)c4)CC4[C@@]5(C)Cc6c(n[nH]c6N)C(C)(C)C5CC[C@]43C)C2C1. The Morgan fingerprint density at radius 2 is 1.77 bits per heavy atom. The number of allylic oxidation sites excluding steroid dienone is 2. The molecule has 6 aliphatic rings. The molecular formula is C40H59N5O3. The molecule has 0 amide bonds. The Balaban J connectivity index is 1.31. The second kappa shape index (κ2) is 10.5. The molecule has 8 rings (SSSR count). The molecule has 7 atom stereocenters. The lowest BCUT2D eigenvalue weighted by atomic mass is 9.33. The number of hydrogen-bond donors (Lipinski definition) is 4. The molecule has 262 valence electrons. The van der Waals surface area contributed by atoms with E-state index in [9.17, 15) is 9.90 Å². The zero-order valence-corrected chi connectivity index (χ0v) is 30.5. The lowest BCUT2D eigenvalue weighted by molar-refractivity contribution is -0.175. The van der Waals surface area contributed by atoms with Crippen LogP contribution in [-0.2, 0) is 23.2 Å². The highest BCUT2D eigenvalue weighted by molar-refractivity contribution is 5.80. The summed E-state index contributed by atoms with van der Waals surface area (Å²) < 4.78 is 6.42. The first kappa shape index (κ1) is 32.6. The number of nitrogens with one attached hydrogen (secondary N) is 2. The molecule has 0 spiro atoms. The summed E-state index contributed by atoms with van der Waals surface area (Å²) in [7, 11) is 0. The number of piperazine rings is 1. The summed E-state index contributed by atoms with van der Waals surface area (Å²) >= 11 is 0. The number of furan rings is 1. The van der Waals surface area contributed by atoms with Crippen molar-refractivity contribution < 1.29 is 14.3 Å². The maximum Gasteiger partial charge on any atom is 0.310 e. The standard InChI is InChI=1S/C40H59N5O3/c1-35(2)10-12-40(34(46)47)13-11-39(7)31(28(40)21-35)26(24-18-25(48-23-24)22-45-16-14-42-15-17-45)19-30-37(5)20-27-32(43-44-33(27)41)36(3,4)29(37)8-9-38(30,39)6/h18,23,28-30,42H,8-17,19-22H2,1-7H3,(H,46,47)(H3,41,43,44)/t28?,29?,30?,37-,38+,39+,40-/m0/s1. The molecule has 2 aromatic heterocycles. The van der Waals surface area contributed by atoms with Gasteiger partial charge in [0.15, 0.2) is 0 Å². The summed E-state index contributed by atoms with van der Waals surface area (Å²) in [5.41, 5.74) is 12.3. The predicted molar refractivity (Wildman–Crippen MR) is 189 cm³/mol. The summed E-state index contributed by atoms with van der Waals surface area (Å²) in [4.78, 5) is 16.0. The van der Waals surface area contributed by atoms with Crippen molar-refractivity contribution in [2.24, 2.45) is 44.8 Å². The topological polar surface area (TPSA) is 120 Å². The monoisotopic (exact) mass is 657 g/mol. The fourth-order valence-corrected chi connectivity index (χ4v) is 13.2. The van der Waals surface area contributed by atoms with Crippen LogP contribution < -0.4 is 11.1 Å². The van der Waals surface area contributed by atoms with Crippen molar-refractivity contribution in [3.8, 4) is 0 Å². The van der Waals surface area contributed by atoms with Crippen molar-refractivity contribution in [2.75, 3.05) is 31.9 Å². The van der Waals surface area contributed by atoms with E-state index in [0.717, 1.165) is 108 Å². The quantitative estimate of drug-likeness (QED) is 0.270. The molecule has 5 aliphatic carbocycles. The van der Waals surface area contributed by atoms with Crippen LogP contribution in [0.5, 0.6) is 0 Å². The minimum Gasteiger partial charge on any atom is -0.481 e. The number of carboxylic acids is 1. The molecule has 8 nitrogen and oxygen atoms in total. The lowest BCUT2D eigenvalue weighted by Gasteiger charge is -2.71. The summed E-state index contributed by atoms with van der Waals surface area (Å²) in [5.74, 6) is 2.08. The molecule has 5 N–H and O–H groups in total. The number of fused-ring (bicyclic) bond motifs is 8. The van der Waals surface area contributed by atoms with Gasteiger partial charge >= 0.3 is 5.97 Å². The highest BCUT2D eigenvalue weighted by Crippen LogP contribution is 2.77. The van der Waals surface area contributed by atoms with Gasteiger partial charge in [0.25, 0.3) is 0 Å². The first-order chi connectivity index (χ1) is 22.6. The zero-order chi connectivity index (χ0) is 34.1. The Morgan fingerprint density at radius 1 is 1.04 bits per heavy atom. The second-order valence-electron chi connectivity index (χ2n) is 19.1. The fourth-order valence-electron chi connectivity index (χ4n) is 13.2. The van der Waals surface area contributed by atoms with Crippen LogP contribution in [0.1, 0.15) is 122 Å². The van der Waals surface area contributed by atoms with E-state index in [-0.39, 0.29) is 33.0 Å². The van der Waals surface area contributed by atoms with Crippen LogP contribution in [0.3, 0.4) is 0 Å². The van der Waals surface area contributed by atoms with Gasteiger partial charge in [0.1, 0.15) is 11.6 Å². The minimum atomic E-state index is -0.694. The average molecular weight is 658 g/mol. The molecule has 8 heteroatoms. The third kappa shape index (κ3) is 4.32. The van der Waals surface area contributed by atoms with Crippen molar-refractivity contribution in [3.05, 3.63) is 40.5 Å². The molecule has 0 aromatic carbocycles. The number of rotatable bonds is 4. The van der Waals surface area contributed by atoms with Crippen molar-refractivity contribution in [2.45, 2.75) is 118 Å². The number of nitrogens with zero attached hydrogens (tertiary/aromatic N) is 2. The van der Waals surface area contributed by atoms with Gasteiger partial charge in [-0.3, -0.25) is 14.8 Å². The van der Waals surface area contributed by atoms with Crippen LogP contribution >= 0.6 is 0 Å². The van der Waals surface area contributed by atoms with Gasteiger partial charge in [-0.05, 0) is 109 Å². The molecule has 3 unspecified atom stereocenters. The summed E-state index contributed by atoms with van der Waals surface area (Å²) in [5, 5.41) is 22.5. The number of aromatic nitrogens is 2. The van der Waals surface area contributed by atoms with Crippen LogP contribution in [0.4, 0.5) is 5.82 Å². The van der Waals surface area contributed by atoms with Crippen molar-refractivity contribution in [1.82, 2.24) is 20.4 Å². The number of anilines is 1. The second-order valence-corrected chi connectivity index (χ2v) is 19.1. The number of carboxylic acid groups (broad SMARTS) is 1. The number of aromatic amines is 1. The van der Waals surface area contributed by atoms with Crippen molar-refractivity contribution >= 4 is 17.4 Å². The van der Waals surface area contributed by atoms with Gasteiger partial charge in [-0.1, -0.05) is 54.0 Å². The van der Waals surface area contributed by atoms with Crippen molar-refractivity contribution in [1.29, 1.82) is 0 Å². The van der Waals surface area contributed by atoms with Crippen LogP contribution in [0.25, 0.3) is 5.57 Å². The molecule has 1 saturated heterocycles. The molecule has 1 aliphatic heterocycles. The van der Waals surface area contributed by atoms with Gasteiger partial charge in [-0.25, -0.2) is 0 Å². The number of nitrogens with two attached hydrogens (primary N) is 1. The Kier molecular flexibility index (Phi) is 7.12. The zero-order valence-electron chi connectivity index (χ0n) is 30.5. The predicted octanol–water partition coefficient (Wildman–Crippen LogP) is 7.42. The van der Waals surface area contributed by atoms with Gasteiger partial charge in [0, 0.05) is 42.7 Å². The molecule has 48 heavy (non-hydrogen) atoms. The van der Waals surface area contributed by atoms with E-state index >= 15 is 0 Å². The molecule has 3 heterocycles. The molecule has 2 aromatic rings. The van der Waals surface area contributed by atoms with E-state index in [1.165, 1.54) is 22.3 Å². The van der Waals surface area contributed by atoms with Gasteiger partial charge in [-0.15, -0.1) is 0 Å². The normalized spacial score (nSPS) is 40.3. The van der Waals surface area contributed by atoms with E-state index < -0.39 is 11.4 Å². The Hall–Kier alpha value is -2.58. The number of hydrogen-bond acceptors (Lipinski definition) is 6. The number of aliphatic carboxylic acids is 1. The average Bonchev–Trinajstić information content (AvgIpc) is 3.64. The third-order valence-corrected chi connectivity index (χ3v) is 15.9. The van der Waals surface area contributed by atoms with Crippen molar-refractivity contribution in [3.63, 3.8) is 0 Å². The molecule has 3 saturated carbocycles. The van der Waals surface area contributed by atoms with Crippen LogP contribution in [0.2, 0.25) is 0 Å². The van der Waals surface area contributed by atoms with Gasteiger partial charge in [0.05, 0.1) is 23.9 Å². The van der Waals surface area contributed by atoms with Crippen LogP contribution in [-0.4, -0.2) is 52.4 Å². The number of H-pyrrole nitrogens is 1. The Morgan fingerprint density at radius 3 is 2.50 bits per heavy atom. The number of nitrogen functional groups attached to an aromatic ring is 1. The maximum absolute atomic E-state index is 13.5. The maximum atomic E-state index is 13.5. The number of carbonyl (C=O) groups is 1. The molecule has 4 fully saturated rings. The molecule has 0 bridgehead atoms. The Bertz CT molecular complexity index is 1660. The minimum absolute atomic E-state index is 0.0157. The first-order valence-corrected chi connectivity index (χ1v) is 18.9. The van der Waals surface area contributed by atoms with Gasteiger partial charge in [0.2, 0.25) is 0 Å². The summed E-state index contributed by atoms with van der Waals surface area (Å²) in [6.07, 6.45) is 10.6. The Labute approximate surface area is 287 Å². The van der Waals surface area contributed by atoms with E-state index in [1.807, 2.05) is 6.26 Å². The molecule has 0 radical (unpaired) electrons. The smallest absolute Gasteiger partial charge is 0.310 e. The molecular weight excluding hydrogens is 598 g/mol. The highest BCUT2D eigenvalue weighted by atomic mass is 16.4. The largest absolute Gasteiger partial charge is 0.481 e. The van der Waals surface area contributed by atoms with E-state index in [1.54, 1.807) is 0 Å². The summed E-state index contributed by atoms with van der Waals surface area (Å²) in [6.45, 7) is 22.1. The van der Waals surface area contributed by atoms with E-state index in [2.05, 4.69) is 69.8 Å².